The molecule has 0 aliphatic carbocycles. The van der Waals surface area contributed by atoms with E-state index in [9.17, 15) is 29.6 Å². The molecule has 1 aromatic rings. The molecular formula is C12H13N3O6. The second-order valence-electron chi connectivity index (χ2n) is 4.91. The number of aromatic nitrogens is 1. The van der Waals surface area contributed by atoms with E-state index >= 15 is 0 Å². The highest BCUT2D eigenvalue weighted by Crippen LogP contribution is 2.25. The first kappa shape index (κ1) is 14.7. The number of hydrogen-bond acceptors (Lipinski definition) is 5. The molecule has 1 aliphatic heterocycles. The fourth-order valence-electron chi connectivity index (χ4n) is 2.44. The summed E-state index contributed by atoms with van der Waals surface area (Å²) in [4.78, 5) is 48.4. The molecule has 0 aromatic carbocycles. The van der Waals surface area contributed by atoms with Crippen LogP contribution < -0.4 is 5.56 Å². The van der Waals surface area contributed by atoms with Gasteiger partial charge in [0.2, 0.25) is 0 Å². The first-order valence-corrected chi connectivity index (χ1v) is 6.24. The third-order valence-electron chi connectivity index (χ3n) is 3.54. The van der Waals surface area contributed by atoms with E-state index in [1.54, 1.807) is 6.92 Å². The number of amides is 1. The first-order valence-electron chi connectivity index (χ1n) is 6.24. The van der Waals surface area contributed by atoms with Gasteiger partial charge in [-0.25, -0.2) is 4.79 Å². The summed E-state index contributed by atoms with van der Waals surface area (Å²) in [5, 5.41) is 19.9. The number of carbonyl (C=O) groups excluding carboxylic acids is 1. The molecule has 0 bridgehead atoms. The molecule has 0 radical (unpaired) electrons. The van der Waals surface area contributed by atoms with Crippen LogP contribution in [-0.2, 0) is 4.79 Å². The van der Waals surface area contributed by atoms with Gasteiger partial charge in [0.15, 0.2) is 0 Å². The average Bonchev–Trinajstić information content (AvgIpc) is 2.80. The quantitative estimate of drug-likeness (QED) is 0.605. The molecule has 1 saturated heterocycles. The fourth-order valence-corrected chi connectivity index (χ4v) is 2.44. The van der Waals surface area contributed by atoms with Crippen molar-refractivity contribution in [3.8, 4) is 0 Å². The summed E-state index contributed by atoms with van der Waals surface area (Å²) in [5.41, 5.74) is -1.64. The van der Waals surface area contributed by atoms with Crippen molar-refractivity contribution in [2.45, 2.75) is 19.4 Å². The minimum absolute atomic E-state index is 0.194. The molecule has 2 unspecified atom stereocenters. The maximum Gasteiger partial charge on any atom is 0.326 e. The number of carboxylic acids is 1. The van der Waals surface area contributed by atoms with Gasteiger partial charge < -0.3 is 15.0 Å². The number of carbonyl (C=O) groups is 2. The number of aliphatic carboxylic acids is 1. The number of aromatic amines is 1. The molecule has 9 heteroatoms. The van der Waals surface area contributed by atoms with E-state index in [0.717, 1.165) is 17.2 Å². The summed E-state index contributed by atoms with van der Waals surface area (Å²) in [7, 11) is 0. The largest absolute Gasteiger partial charge is 0.480 e. The number of H-pyrrole nitrogens is 1. The molecule has 112 valence electrons. The van der Waals surface area contributed by atoms with Crippen LogP contribution in [0.25, 0.3) is 0 Å². The maximum atomic E-state index is 12.3. The monoisotopic (exact) mass is 295 g/mol. The van der Waals surface area contributed by atoms with Crippen LogP contribution in [0.3, 0.4) is 0 Å². The van der Waals surface area contributed by atoms with Crippen LogP contribution in [0, 0.1) is 16.0 Å². The molecular weight excluding hydrogens is 282 g/mol. The van der Waals surface area contributed by atoms with E-state index in [0.29, 0.717) is 6.42 Å². The minimum Gasteiger partial charge on any atom is -0.480 e. The number of nitrogens with one attached hydrogen (secondary N) is 1. The van der Waals surface area contributed by atoms with Crippen molar-refractivity contribution in [3.63, 3.8) is 0 Å². The summed E-state index contributed by atoms with van der Waals surface area (Å²) >= 11 is 0. The van der Waals surface area contributed by atoms with Crippen molar-refractivity contribution >= 4 is 17.6 Å². The Kier molecular flexibility index (Phi) is 3.74. The zero-order chi connectivity index (χ0) is 15.7. The number of nitrogens with zero attached hydrogens (tertiary/aromatic N) is 2. The Balaban J connectivity index is 2.40. The smallest absolute Gasteiger partial charge is 0.326 e. The highest BCUT2D eigenvalue weighted by atomic mass is 16.6. The van der Waals surface area contributed by atoms with Gasteiger partial charge in [-0.15, -0.1) is 0 Å². The number of hydrogen-bond donors (Lipinski definition) is 2. The molecule has 9 nitrogen and oxygen atoms in total. The molecule has 2 heterocycles. The van der Waals surface area contributed by atoms with Gasteiger partial charge in [0.1, 0.15) is 11.6 Å². The van der Waals surface area contributed by atoms with Crippen LogP contribution in [0.1, 0.15) is 23.7 Å². The maximum absolute atomic E-state index is 12.3. The number of likely N-dealkylation sites (tertiary alicyclic amines) is 1. The van der Waals surface area contributed by atoms with Gasteiger partial charge in [0.05, 0.1) is 11.1 Å². The van der Waals surface area contributed by atoms with Crippen molar-refractivity contribution in [2.24, 2.45) is 5.92 Å². The highest BCUT2D eigenvalue weighted by molar-refractivity contribution is 5.97. The van der Waals surface area contributed by atoms with Crippen LogP contribution in [0.15, 0.2) is 17.1 Å². The number of carboxylic acid groups (broad SMARTS) is 1. The summed E-state index contributed by atoms with van der Waals surface area (Å²) in [6.45, 7) is 1.89. The van der Waals surface area contributed by atoms with Gasteiger partial charge >= 0.3 is 5.97 Å². The van der Waals surface area contributed by atoms with Gasteiger partial charge in [-0.05, 0) is 12.3 Å². The standard InChI is InChI=1S/C12H13N3O6/c1-6-2-3-14(9(6)12(18)19)11(17)8-4-7(15(20)21)5-13-10(8)16/h4-6,9H,2-3H2,1H3,(H,13,16)(H,18,19). The predicted octanol–water partition coefficient (Wildman–Crippen LogP) is 0.218. The Bertz CT molecular complexity index is 667. The summed E-state index contributed by atoms with van der Waals surface area (Å²) in [6.07, 6.45) is 1.38. The van der Waals surface area contributed by atoms with Gasteiger partial charge in [-0.1, -0.05) is 6.92 Å². The van der Waals surface area contributed by atoms with Gasteiger partial charge in [0.25, 0.3) is 17.2 Å². The first-order chi connectivity index (χ1) is 9.82. The summed E-state index contributed by atoms with van der Waals surface area (Å²) in [6, 6.07) is -0.167. The molecule has 2 rings (SSSR count). The second-order valence-corrected chi connectivity index (χ2v) is 4.91. The van der Waals surface area contributed by atoms with E-state index in [1.165, 1.54) is 0 Å². The van der Waals surface area contributed by atoms with E-state index in [2.05, 4.69) is 4.98 Å². The normalized spacial score (nSPS) is 21.3. The SMILES string of the molecule is CC1CCN(C(=O)c2cc([N+](=O)[O-])c[nH]c2=O)C1C(=O)O. The molecule has 21 heavy (non-hydrogen) atoms. The molecule has 0 spiro atoms. The molecule has 1 aromatic heterocycles. The zero-order valence-corrected chi connectivity index (χ0v) is 11.1. The Morgan fingerprint density at radius 2 is 2.19 bits per heavy atom. The minimum atomic E-state index is -1.16. The van der Waals surface area contributed by atoms with Crippen molar-refractivity contribution in [1.29, 1.82) is 0 Å². The van der Waals surface area contributed by atoms with Gasteiger partial charge in [-0.2, -0.15) is 0 Å². The number of pyridine rings is 1. The van der Waals surface area contributed by atoms with E-state index in [-0.39, 0.29) is 12.5 Å². The lowest BCUT2D eigenvalue weighted by molar-refractivity contribution is -0.385. The van der Waals surface area contributed by atoms with Gasteiger partial charge in [-0.3, -0.25) is 19.7 Å². The van der Waals surface area contributed by atoms with Crippen LogP contribution in [0.5, 0.6) is 0 Å². The fraction of sp³-hybridized carbons (Fsp3) is 0.417. The van der Waals surface area contributed by atoms with Crippen molar-refractivity contribution in [1.82, 2.24) is 9.88 Å². The third kappa shape index (κ3) is 2.62. The highest BCUT2D eigenvalue weighted by Gasteiger charge is 2.40. The average molecular weight is 295 g/mol. The van der Waals surface area contributed by atoms with Crippen LogP contribution in [0.2, 0.25) is 0 Å². The molecule has 2 N–H and O–H groups in total. The number of rotatable bonds is 3. The number of nitro groups is 1. The van der Waals surface area contributed by atoms with Crippen LogP contribution in [-0.4, -0.2) is 44.4 Å². The molecule has 1 fully saturated rings. The molecule has 0 saturated carbocycles. The van der Waals surface area contributed by atoms with Crippen LogP contribution >= 0.6 is 0 Å². The topological polar surface area (TPSA) is 134 Å². The lowest BCUT2D eigenvalue weighted by Gasteiger charge is -2.22. The second kappa shape index (κ2) is 5.35. The Morgan fingerprint density at radius 1 is 1.52 bits per heavy atom. The summed E-state index contributed by atoms with van der Waals surface area (Å²) < 4.78 is 0. The predicted molar refractivity (Wildman–Crippen MR) is 70.0 cm³/mol. The van der Waals surface area contributed by atoms with E-state index in [4.69, 9.17) is 0 Å². The molecule has 1 amide bonds. The third-order valence-corrected chi connectivity index (χ3v) is 3.54. The molecule has 1 aliphatic rings. The van der Waals surface area contributed by atoms with E-state index in [1.807, 2.05) is 0 Å². The van der Waals surface area contributed by atoms with Crippen molar-refractivity contribution < 1.29 is 19.6 Å². The lowest BCUT2D eigenvalue weighted by Crippen LogP contribution is -2.44. The Morgan fingerprint density at radius 3 is 2.76 bits per heavy atom. The van der Waals surface area contributed by atoms with Crippen molar-refractivity contribution in [2.75, 3.05) is 6.54 Å². The zero-order valence-electron chi connectivity index (χ0n) is 11.1. The lowest BCUT2D eigenvalue weighted by atomic mass is 10.0. The van der Waals surface area contributed by atoms with Crippen LogP contribution in [0.4, 0.5) is 5.69 Å². The van der Waals surface area contributed by atoms with Gasteiger partial charge in [0, 0.05) is 12.6 Å². The summed E-state index contributed by atoms with van der Waals surface area (Å²) in [5.74, 6) is -2.21. The van der Waals surface area contributed by atoms with E-state index < -0.39 is 39.7 Å². The Hall–Kier alpha value is -2.71. The Labute approximate surface area is 118 Å². The van der Waals surface area contributed by atoms with Crippen molar-refractivity contribution in [3.05, 3.63) is 38.3 Å². The molecule has 2 atom stereocenters.